The quantitative estimate of drug-likeness (QED) is 0.365. The van der Waals surface area contributed by atoms with Gasteiger partial charge < -0.3 is 0 Å². The van der Waals surface area contributed by atoms with Crippen LogP contribution in [0.2, 0.25) is 15.1 Å². The maximum atomic E-state index is 12.6. The van der Waals surface area contributed by atoms with Crippen LogP contribution in [0.25, 0.3) is 21.3 Å². The lowest BCUT2D eigenvalue weighted by Crippen LogP contribution is -2.10. The highest BCUT2D eigenvalue weighted by Crippen LogP contribution is 2.36. The van der Waals surface area contributed by atoms with Gasteiger partial charge in [0.05, 0.1) is 15.7 Å². The number of thiazole rings is 1. The van der Waals surface area contributed by atoms with Gasteiger partial charge in [0.25, 0.3) is 5.91 Å². The zero-order chi connectivity index (χ0) is 18.3. The van der Waals surface area contributed by atoms with Crippen LogP contribution in [0.3, 0.4) is 0 Å². The van der Waals surface area contributed by atoms with Crippen molar-refractivity contribution in [3.05, 3.63) is 67.8 Å². The minimum Gasteiger partial charge on any atom is -0.297 e. The van der Waals surface area contributed by atoms with E-state index in [9.17, 15) is 4.79 Å². The first-order chi connectivity index (χ1) is 12.5. The highest BCUT2D eigenvalue weighted by atomic mass is 35.5. The molecule has 4 aromatic rings. The fourth-order valence-corrected chi connectivity index (χ4v) is 4.97. The number of thiophene rings is 1. The molecule has 0 unspecified atom stereocenters. The Hall–Kier alpha value is -1.63. The van der Waals surface area contributed by atoms with Crippen LogP contribution in [0.5, 0.6) is 0 Å². The van der Waals surface area contributed by atoms with Gasteiger partial charge in [-0.1, -0.05) is 53.0 Å². The molecule has 3 nitrogen and oxygen atoms in total. The van der Waals surface area contributed by atoms with Gasteiger partial charge in [-0.05, 0) is 24.3 Å². The molecule has 2 aromatic heterocycles. The Kier molecular flexibility index (Phi) is 4.90. The fraction of sp³-hybridized carbons (Fsp3) is 0. The summed E-state index contributed by atoms with van der Waals surface area (Å²) in [6.07, 6.45) is 0. The molecule has 1 amide bonds. The monoisotopic (exact) mass is 438 g/mol. The van der Waals surface area contributed by atoms with Gasteiger partial charge in [0.1, 0.15) is 4.88 Å². The van der Waals surface area contributed by atoms with E-state index in [1.54, 1.807) is 18.2 Å². The van der Waals surface area contributed by atoms with Gasteiger partial charge in [-0.3, -0.25) is 10.1 Å². The van der Waals surface area contributed by atoms with Gasteiger partial charge in [0.2, 0.25) is 0 Å². The minimum atomic E-state index is -0.283. The summed E-state index contributed by atoms with van der Waals surface area (Å²) >= 11 is 21.3. The van der Waals surface area contributed by atoms with Crippen molar-refractivity contribution in [2.45, 2.75) is 0 Å². The molecule has 2 aromatic carbocycles. The lowest BCUT2D eigenvalue weighted by molar-refractivity contribution is 0.103. The molecule has 0 bridgehead atoms. The molecule has 26 heavy (non-hydrogen) atoms. The van der Waals surface area contributed by atoms with Crippen molar-refractivity contribution < 1.29 is 4.79 Å². The average Bonchev–Trinajstić information content (AvgIpc) is 3.22. The maximum absolute atomic E-state index is 12.6. The molecule has 0 aliphatic heterocycles. The number of halogens is 3. The molecule has 2 heterocycles. The Bertz CT molecular complexity index is 1140. The topological polar surface area (TPSA) is 42.0 Å². The third kappa shape index (κ3) is 3.33. The van der Waals surface area contributed by atoms with E-state index in [-0.39, 0.29) is 5.91 Å². The zero-order valence-electron chi connectivity index (χ0n) is 12.9. The number of carbonyl (C=O) groups excluding carboxylic acids is 1. The number of amides is 1. The molecular weight excluding hydrogens is 431 g/mol. The van der Waals surface area contributed by atoms with Gasteiger partial charge in [-0.15, -0.1) is 22.7 Å². The Balaban J connectivity index is 1.61. The second-order valence-electron chi connectivity index (χ2n) is 5.36. The van der Waals surface area contributed by atoms with E-state index in [0.717, 1.165) is 15.6 Å². The number of aromatic nitrogens is 1. The number of hydrogen-bond donors (Lipinski definition) is 1. The van der Waals surface area contributed by atoms with E-state index in [1.807, 2.05) is 29.6 Å². The molecule has 1 N–H and O–H groups in total. The van der Waals surface area contributed by atoms with Crippen LogP contribution in [-0.2, 0) is 0 Å². The summed E-state index contributed by atoms with van der Waals surface area (Å²) in [5.74, 6) is -0.283. The van der Waals surface area contributed by atoms with Crippen molar-refractivity contribution in [1.82, 2.24) is 4.98 Å². The summed E-state index contributed by atoms with van der Waals surface area (Å²) in [5.41, 5.74) is 1.37. The Morgan fingerprint density at radius 2 is 1.88 bits per heavy atom. The van der Waals surface area contributed by atoms with E-state index in [1.165, 1.54) is 22.7 Å². The van der Waals surface area contributed by atoms with Crippen LogP contribution < -0.4 is 5.32 Å². The van der Waals surface area contributed by atoms with Gasteiger partial charge in [-0.2, -0.15) is 0 Å². The van der Waals surface area contributed by atoms with Gasteiger partial charge in [-0.25, -0.2) is 4.98 Å². The molecule has 4 rings (SSSR count). The number of carbonyl (C=O) groups is 1. The van der Waals surface area contributed by atoms with E-state index < -0.39 is 0 Å². The van der Waals surface area contributed by atoms with Crippen molar-refractivity contribution in [2.75, 3.05) is 5.32 Å². The Morgan fingerprint density at radius 1 is 1.08 bits per heavy atom. The third-order valence-electron chi connectivity index (χ3n) is 3.67. The number of rotatable bonds is 3. The second kappa shape index (κ2) is 7.18. The lowest BCUT2D eigenvalue weighted by Gasteiger charge is -2.02. The standard InChI is InChI=1S/C18H9Cl3N2OS2/c19-9-5-6-12(20)11(7-9)13-8-25-18(22-13)23-17(24)16-15(21)10-3-1-2-4-14(10)26-16/h1-8H,(H,22,23,24). The van der Waals surface area contributed by atoms with Crippen molar-refractivity contribution in [3.8, 4) is 11.3 Å². The van der Waals surface area contributed by atoms with Gasteiger partial charge in [0, 0.05) is 26.1 Å². The summed E-state index contributed by atoms with van der Waals surface area (Å²) in [6.45, 7) is 0. The Morgan fingerprint density at radius 3 is 2.69 bits per heavy atom. The molecule has 0 aliphatic rings. The van der Waals surface area contributed by atoms with Crippen molar-refractivity contribution in [2.24, 2.45) is 0 Å². The number of fused-ring (bicyclic) bond motifs is 1. The predicted molar refractivity (Wildman–Crippen MR) is 112 cm³/mol. The minimum absolute atomic E-state index is 0.283. The molecule has 130 valence electrons. The first kappa shape index (κ1) is 17.8. The predicted octanol–water partition coefficient (Wildman–Crippen LogP) is 7.24. The molecule has 0 saturated carbocycles. The van der Waals surface area contributed by atoms with E-state index >= 15 is 0 Å². The van der Waals surface area contributed by atoms with Crippen LogP contribution in [0.15, 0.2) is 47.8 Å². The fourth-order valence-electron chi connectivity index (χ4n) is 2.46. The first-order valence-electron chi connectivity index (χ1n) is 7.42. The summed E-state index contributed by atoms with van der Waals surface area (Å²) in [6, 6.07) is 12.8. The molecule has 0 saturated heterocycles. The number of hydrogen-bond acceptors (Lipinski definition) is 4. The van der Waals surface area contributed by atoms with Gasteiger partial charge in [0.15, 0.2) is 5.13 Å². The van der Waals surface area contributed by atoms with Crippen LogP contribution in [0, 0.1) is 0 Å². The van der Waals surface area contributed by atoms with E-state index in [2.05, 4.69) is 10.3 Å². The van der Waals surface area contributed by atoms with Crippen molar-refractivity contribution in [3.63, 3.8) is 0 Å². The molecule has 0 radical (unpaired) electrons. The SMILES string of the molecule is O=C(Nc1nc(-c2cc(Cl)ccc2Cl)cs1)c1sc2ccccc2c1Cl. The third-order valence-corrected chi connectivity index (χ3v) is 6.67. The molecular formula is C18H9Cl3N2OS2. The van der Waals surface area contributed by atoms with Crippen LogP contribution in [0.1, 0.15) is 9.67 Å². The van der Waals surface area contributed by atoms with Crippen LogP contribution in [-0.4, -0.2) is 10.9 Å². The second-order valence-corrected chi connectivity index (χ2v) is 8.49. The van der Waals surface area contributed by atoms with Crippen molar-refractivity contribution >= 4 is 78.6 Å². The summed E-state index contributed by atoms with van der Waals surface area (Å²) in [5, 5.41) is 7.53. The largest absolute Gasteiger partial charge is 0.297 e. The highest BCUT2D eigenvalue weighted by Gasteiger charge is 2.18. The zero-order valence-corrected chi connectivity index (χ0v) is 16.8. The van der Waals surface area contributed by atoms with Gasteiger partial charge >= 0.3 is 0 Å². The summed E-state index contributed by atoms with van der Waals surface area (Å²) < 4.78 is 0.966. The van der Waals surface area contributed by atoms with Crippen molar-refractivity contribution in [1.29, 1.82) is 0 Å². The van der Waals surface area contributed by atoms with E-state index in [0.29, 0.717) is 30.8 Å². The number of anilines is 1. The number of nitrogens with one attached hydrogen (secondary N) is 1. The average molecular weight is 440 g/mol. The molecule has 0 aliphatic carbocycles. The summed E-state index contributed by atoms with van der Waals surface area (Å²) in [7, 11) is 0. The van der Waals surface area contributed by atoms with Crippen LogP contribution in [0.4, 0.5) is 5.13 Å². The molecule has 0 spiro atoms. The smallest absolute Gasteiger partial charge is 0.269 e. The Labute approximate surface area is 172 Å². The molecule has 8 heteroatoms. The maximum Gasteiger partial charge on any atom is 0.269 e. The highest BCUT2D eigenvalue weighted by molar-refractivity contribution is 7.21. The number of benzene rings is 2. The molecule has 0 fully saturated rings. The van der Waals surface area contributed by atoms with Crippen LogP contribution >= 0.6 is 57.5 Å². The summed E-state index contributed by atoms with van der Waals surface area (Å²) in [4.78, 5) is 17.5. The lowest BCUT2D eigenvalue weighted by atomic mass is 10.2. The normalized spacial score (nSPS) is 11.0. The number of nitrogens with zero attached hydrogens (tertiary/aromatic N) is 1. The molecule has 0 atom stereocenters. The first-order valence-corrected chi connectivity index (χ1v) is 10.3. The van der Waals surface area contributed by atoms with E-state index in [4.69, 9.17) is 34.8 Å².